The summed E-state index contributed by atoms with van der Waals surface area (Å²) in [6.45, 7) is -0.0596. The molecule has 2 N–H and O–H groups in total. The second kappa shape index (κ2) is 8.17. The van der Waals surface area contributed by atoms with E-state index in [0.29, 0.717) is 19.3 Å². The van der Waals surface area contributed by atoms with Crippen molar-refractivity contribution in [3.05, 3.63) is 66.0 Å². The monoisotopic (exact) mass is 284 g/mol. The van der Waals surface area contributed by atoms with Crippen LogP contribution in [0.2, 0.25) is 0 Å². The van der Waals surface area contributed by atoms with Crippen LogP contribution in [-0.2, 0) is 17.6 Å². The molecule has 2 aromatic rings. The van der Waals surface area contributed by atoms with E-state index in [1.54, 1.807) is 12.4 Å². The first-order valence-corrected chi connectivity index (χ1v) is 7.11. The smallest absolute Gasteiger partial charge is 0.220 e. The summed E-state index contributed by atoms with van der Waals surface area (Å²) in [5.74, 6) is -0.0400. The summed E-state index contributed by atoms with van der Waals surface area (Å²) in [4.78, 5) is 15.9. The summed E-state index contributed by atoms with van der Waals surface area (Å²) in [5.41, 5.74) is 2.19. The van der Waals surface area contributed by atoms with Crippen LogP contribution in [0.3, 0.4) is 0 Å². The van der Waals surface area contributed by atoms with Gasteiger partial charge in [0.05, 0.1) is 12.6 Å². The molecule has 1 unspecified atom stereocenters. The first-order chi connectivity index (χ1) is 10.3. The van der Waals surface area contributed by atoms with Gasteiger partial charge in [0.2, 0.25) is 5.91 Å². The Kier molecular flexibility index (Phi) is 5.91. The molecule has 0 spiro atoms. The van der Waals surface area contributed by atoms with Crippen LogP contribution >= 0.6 is 0 Å². The number of hydrogen-bond acceptors (Lipinski definition) is 3. The second-order valence-electron chi connectivity index (χ2n) is 4.99. The van der Waals surface area contributed by atoms with E-state index < -0.39 is 0 Å². The summed E-state index contributed by atoms with van der Waals surface area (Å²) in [7, 11) is 0. The normalized spacial score (nSPS) is 11.9. The quantitative estimate of drug-likeness (QED) is 0.814. The molecule has 0 aliphatic rings. The van der Waals surface area contributed by atoms with Gasteiger partial charge in [-0.05, 0) is 36.1 Å². The Hall–Kier alpha value is -2.20. The van der Waals surface area contributed by atoms with E-state index in [1.807, 2.05) is 42.5 Å². The Bertz CT molecular complexity index is 543. The molecule has 0 aliphatic carbocycles. The fourth-order valence-electron chi connectivity index (χ4n) is 2.17. The number of carbonyl (C=O) groups is 1. The lowest BCUT2D eigenvalue weighted by Crippen LogP contribution is -2.39. The van der Waals surface area contributed by atoms with E-state index in [1.165, 1.54) is 0 Å². The minimum absolute atomic E-state index is 0.0400. The lowest BCUT2D eigenvalue weighted by atomic mass is 10.1. The molecule has 0 radical (unpaired) electrons. The fourth-order valence-corrected chi connectivity index (χ4v) is 2.17. The predicted octanol–water partition coefficient (Wildman–Crippen LogP) is 1.73. The topological polar surface area (TPSA) is 62.2 Å². The van der Waals surface area contributed by atoms with Crippen LogP contribution in [-0.4, -0.2) is 28.6 Å². The summed E-state index contributed by atoms with van der Waals surface area (Å²) in [6, 6.07) is 13.4. The van der Waals surface area contributed by atoms with Crippen molar-refractivity contribution >= 4 is 5.91 Å². The zero-order chi connectivity index (χ0) is 14.9. The predicted molar refractivity (Wildman–Crippen MR) is 81.7 cm³/mol. The molecule has 4 nitrogen and oxygen atoms in total. The largest absolute Gasteiger partial charge is 0.394 e. The summed E-state index contributed by atoms with van der Waals surface area (Å²) >= 11 is 0. The Labute approximate surface area is 124 Å². The van der Waals surface area contributed by atoms with Gasteiger partial charge in [-0.25, -0.2) is 0 Å². The highest BCUT2D eigenvalue weighted by Gasteiger charge is 2.12. The van der Waals surface area contributed by atoms with Gasteiger partial charge < -0.3 is 10.4 Å². The lowest BCUT2D eigenvalue weighted by molar-refractivity contribution is -0.122. The van der Waals surface area contributed by atoms with Crippen molar-refractivity contribution in [1.29, 1.82) is 0 Å². The van der Waals surface area contributed by atoms with Crippen molar-refractivity contribution < 1.29 is 9.90 Å². The van der Waals surface area contributed by atoms with Crippen molar-refractivity contribution in [2.45, 2.75) is 25.3 Å². The molecule has 0 saturated heterocycles. The van der Waals surface area contributed by atoms with Gasteiger partial charge >= 0.3 is 0 Å². The molecule has 1 amide bonds. The molecule has 1 aromatic carbocycles. The average Bonchev–Trinajstić information content (AvgIpc) is 2.54. The molecule has 1 heterocycles. The van der Waals surface area contributed by atoms with Crippen molar-refractivity contribution in [2.24, 2.45) is 0 Å². The molecule has 1 atom stereocenters. The summed E-state index contributed by atoms with van der Waals surface area (Å²) < 4.78 is 0. The van der Waals surface area contributed by atoms with E-state index in [0.717, 1.165) is 11.1 Å². The third kappa shape index (κ3) is 5.36. The number of hydrogen-bond donors (Lipinski definition) is 2. The Morgan fingerprint density at radius 2 is 1.81 bits per heavy atom. The Morgan fingerprint density at radius 1 is 1.10 bits per heavy atom. The van der Waals surface area contributed by atoms with Crippen LogP contribution in [0.4, 0.5) is 0 Å². The van der Waals surface area contributed by atoms with Gasteiger partial charge in [0.25, 0.3) is 0 Å². The first kappa shape index (κ1) is 15.2. The van der Waals surface area contributed by atoms with Crippen LogP contribution in [0.5, 0.6) is 0 Å². The number of pyridine rings is 1. The summed E-state index contributed by atoms with van der Waals surface area (Å²) in [5, 5.41) is 12.3. The molecule has 0 aliphatic heterocycles. The van der Waals surface area contributed by atoms with Gasteiger partial charge in [-0.1, -0.05) is 30.3 Å². The molecular formula is C17H20N2O2. The number of benzene rings is 1. The number of amides is 1. The van der Waals surface area contributed by atoms with Gasteiger partial charge in [0.15, 0.2) is 0 Å². The number of aliphatic hydroxyl groups excluding tert-OH is 1. The highest BCUT2D eigenvalue weighted by atomic mass is 16.3. The van der Waals surface area contributed by atoms with E-state index >= 15 is 0 Å². The number of carbonyl (C=O) groups excluding carboxylic acids is 1. The molecule has 4 heteroatoms. The molecule has 1 aromatic heterocycles. The molecule has 0 bridgehead atoms. The highest BCUT2D eigenvalue weighted by molar-refractivity contribution is 5.76. The third-order valence-corrected chi connectivity index (χ3v) is 3.30. The standard InChI is InChI=1S/C17H20N2O2/c20-13-16(12-15-4-2-1-3-5-15)19-17(21)7-6-14-8-10-18-11-9-14/h1-5,8-11,16,20H,6-7,12-13H2,(H,19,21). The number of aliphatic hydroxyl groups is 1. The zero-order valence-electron chi connectivity index (χ0n) is 11.9. The van der Waals surface area contributed by atoms with Crippen LogP contribution < -0.4 is 5.32 Å². The molecule has 0 saturated carbocycles. The number of aromatic nitrogens is 1. The van der Waals surface area contributed by atoms with Crippen LogP contribution in [0.25, 0.3) is 0 Å². The fraction of sp³-hybridized carbons (Fsp3) is 0.294. The second-order valence-corrected chi connectivity index (χ2v) is 4.99. The molecular weight excluding hydrogens is 264 g/mol. The van der Waals surface area contributed by atoms with Gasteiger partial charge in [-0.3, -0.25) is 9.78 Å². The van der Waals surface area contributed by atoms with E-state index in [2.05, 4.69) is 10.3 Å². The number of nitrogens with zero attached hydrogens (tertiary/aromatic N) is 1. The maximum Gasteiger partial charge on any atom is 0.220 e. The van der Waals surface area contributed by atoms with Gasteiger partial charge in [0, 0.05) is 18.8 Å². The number of aryl methyl sites for hydroxylation is 1. The van der Waals surface area contributed by atoms with Crippen LogP contribution in [0.1, 0.15) is 17.5 Å². The van der Waals surface area contributed by atoms with Gasteiger partial charge in [0.1, 0.15) is 0 Å². The SMILES string of the molecule is O=C(CCc1ccncc1)NC(CO)Cc1ccccc1. The number of nitrogens with one attached hydrogen (secondary N) is 1. The number of rotatable bonds is 7. The minimum Gasteiger partial charge on any atom is -0.394 e. The zero-order valence-corrected chi connectivity index (χ0v) is 11.9. The molecule has 21 heavy (non-hydrogen) atoms. The van der Waals surface area contributed by atoms with Crippen LogP contribution in [0, 0.1) is 0 Å². The minimum atomic E-state index is -0.239. The Balaban J connectivity index is 1.80. The van der Waals surface area contributed by atoms with Gasteiger partial charge in [-0.2, -0.15) is 0 Å². The van der Waals surface area contributed by atoms with E-state index in [9.17, 15) is 9.90 Å². The summed E-state index contributed by atoms with van der Waals surface area (Å²) in [6.07, 6.45) is 5.17. The van der Waals surface area contributed by atoms with Crippen molar-refractivity contribution in [3.8, 4) is 0 Å². The first-order valence-electron chi connectivity index (χ1n) is 7.11. The third-order valence-electron chi connectivity index (χ3n) is 3.30. The maximum atomic E-state index is 11.9. The van der Waals surface area contributed by atoms with Crippen molar-refractivity contribution in [3.63, 3.8) is 0 Å². The molecule has 2 rings (SSSR count). The molecule has 0 fully saturated rings. The van der Waals surface area contributed by atoms with Gasteiger partial charge in [-0.15, -0.1) is 0 Å². The lowest BCUT2D eigenvalue weighted by Gasteiger charge is -2.16. The highest BCUT2D eigenvalue weighted by Crippen LogP contribution is 2.04. The molecule has 110 valence electrons. The van der Waals surface area contributed by atoms with E-state index in [-0.39, 0.29) is 18.6 Å². The average molecular weight is 284 g/mol. The van der Waals surface area contributed by atoms with Crippen molar-refractivity contribution in [2.75, 3.05) is 6.61 Å². The van der Waals surface area contributed by atoms with Crippen molar-refractivity contribution in [1.82, 2.24) is 10.3 Å². The van der Waals surface area contributed by atoms with Crippen LogP contribution in [0.15, 0.2) is 54.9 Å². The Morgan fingerprint density at radius 3 is 2.48 bits per heavy atom. The maximum absolute atomic E-state index is 11.9. The van der Waals surface area contributed by atoms with E-state index in [4.69, 9.17) is 0 Å².